The highest BCUT2D eigenvalue weighted by Crippen LogP contribution is 2.27. The Hall–Kier alpha value is -2.04. The predicted molar refractivity (Wildman–Crippen MR) is 64.9 cm³/mol. The van der Waals surface area contributed by atoms with Gasteiger partial charge in [0.05, 0.1) is 22.9 Å². The van der Waals surface area contributed by atoms with Crippen LogP contribution in [0.5, 0.6) is 0 Å². The number of carbonyl (C=O) groups is 1. The van der Waals surface area contributed by atoms with Crippen molar-refractivity contribution in [1.82, 2.24) is 4.98 Å². The summed E-state index contributed by atoms with van der Waals surface area (Å²) in [5.41, 5.74) is 3.35. The molecule has 0 aromatic carbocycles. The van der Waals surface area contributed by atoms with Gasteiger partial charge in [-0.25, -0.2) is 4.79 Å². The lowest BCUT2D eigenvalue weighted by atomic mass is 9.88. The molecule has 5 nitrogen and oxygen atoms in total. The van der Waals surface area contributed by atoms with Gasteiger partial charge in [0.25, 0.3) is 0 Å². The van der Waals surface area contributed by atoms with Gasteiger partial charge in [-0.3, -0.25) is 4.98 Å². The molecule has 0 unspecified atom stereocenters. The van der Waals surface area contributed by atoms with Crippen LogP contribution in [0.3, 0.4) is 0 Å². The van der Waals surface area contributed by atoms with Gasteiger partial charge < -0.3 is 5.11 Å². The van der Waals surface area contributed by atoms with E-state index in [1.807, 2.05) is 20.8 Å². The van der Waals surface area contributed by atoms with Crippen LogP contribution in [0.4, 0.5) is 0 Å². The molecule has 0 saturated heterocycles. The second-order valence-corrected chi connectivity index (χ2v) is 4.13. The minimum atomic E-state index is -0.972. The number of aromatic carboxylic acids is 1. The van der Waals surface area contributed by atoms with Crippen molar-refractivity contribution in [2.45, 2.75) is 26.7 Å². The topological polar surface area (TPSA) is 74.9 Å². The van der Waals surface area contributed by atoms with Crippen LogP contribution in [0.1, 0.15) is 41.4 Å². The van der Waals surface area contributed by atoms with Crippen molar-refractivity contribution >= 4 is 17.4 Å². The number of aryl methyl sites for hydroxylation is 1. The van der Waals surface area contributed by atoms with Gasteiger partial charge >= 0.3 is 5.97 Å². The highest BCUT2D eigenvalue weighted by molar-refractivity contribution is 6.14. The highest BCUT2D eigenvalue weighted by atomic mass is 16.4. The van der Waals surface area contributed by atoms with Crippen LogP contribution in [-0.4, -0.2) is 27.5 Å². The van der Waals surface area contributed by atoms with Crippen LogP contribution < -0.4 is 0 Å². The number of rotatable bonds is 2. The molecule has 2 rings (SSSR count). The molecule has 0 bridgehead atoms. The molecule has 0 radical (unpaired) electrons. The lowest BCUT2D eigenvalue weighted by molar-refractivity contribution is 0.0695. The van der Waals surface area contributed by atoms with E-state index >= 15 is 0 Å². The number of nitrogens with zero attached hydrogens (tertiary/aromatic N) is 3. The Kier molecular flexibility index (Phi) is 2.75. The third-order valence-corrected chi connectivity index (χ3v) is 2.82. The predicted octanol–water partition coefficient (Wildman–Crippen LogP) is 2.02. The molecule has 0 fully saturated rings. The Labute approximate surface area is 98.9 Å². The summed E-state index contributed by atoms with van der Waals surface area (Å²) < 4.78 is 0. The molecule has 0 aliphatic carbocycles. The zero-order valence-corrected chi connectivity index (χ0v) is 9.93. The average Bonchev–Trinajstić information content (AvgIpc) is 2.58. The molecule has 1 aliphatic rings. The molecule has 1 aromatic rings. The number of aromatic nitrogens is 1. The fourth-order valence-corrected chi connectivity index (χ4v) is 2.02. The zero-order chi connectivity index (χ0) is 12.6. The molecule has 1 aromatic heterocycles. The molecular formula is C12H13N3O2. The van der Waals surface area contributed by atoms with E-state index in [2.05, 4.69) is 15.2 Å². The Balaban J connectivity index is 2.58. The van der Waals surface area contributed by atoms with Crippen LogP contribution in [-0.2, 0) is 0 Å². The van der Waals surface area contributed by atoms with Gasteiger partial charge in [0, 0.05) is 11.9 Å². The average molecular weight is 231 g/mol. The summed E-state index contributed by atoms with van der Waals surface area (Å²) >= 11 is 0. The van der Waals surface area contributed by atoms with Crippen molar-refractivity contribution in [2.75, 3.05) is 0 Å². The first-order valence-electron chi connectivity index (χ1n) is 5.29. The van der Waals surface area contributed by atoms with E-state index in [0.717, 1.165) is 17.1 Å². The number of carboxylic acid groups (broad SMARTS) is 1. The van der Waals surface area contributed by atoms with E-state index < -0.39 is 5.97 Å². The summed E-state index contributed by atoms with van der Waals surface area (Å²) in [5, 5.41) is 17.2. The van der Waals surface area contributed by atoms with Gasteiger partial charge in [0.1, 0.15) is 0 Å². The summed E-state index contributed by atoms with van der Waals surface area (Å²) in [6.45, 7) is 5.54. The zero-order valence-electron chi connectivity index (χ0n) is 9.93. The van der Waals surface area contributed by atoms with Gasteiger partial charge in [-0.1, -0.05) is 0 Å². The quantitative estimate of drug-likeness (QED) is 0.846. The SMILES string of the molecule is CC1=NN=C(C)C1c1cc(C)ncc1C(=O)O. The van der Waals surface area contributed by atoms with E-state index in [0.29, 0.717) is 5.56 Å². The molecular weight excluding hydrogens is 218 g/mol. The normalized spacial score (nSPS) is 15.7. The summed E-state index contributed by atoms with van der Waals surface area (Å²) in [4.78, 5) is 15.2. The summed E-state index contributed by atoms with van der Waals surface area (Å²) in [6, 6.07) is 1.79. The van der Waals surface area contributed by atoms with Crippen LogP contribution in [0, 0.1) is 6.92 Å². The van der Waals surface area contributed by atoms with E-state index in [4.69, 9.17) is 5.11 Å². The van der Waals surface area contributed by atoms with Crippen LogP contribution in [0.15, 0.2) is 22.5 Å². The van der Waals surface area contributed by atoms with E-state index in [1.54, 1.807) is 6.07 Å². The van der Waals surface area contributed by atoms with Gasteiger partial charge in [-0.05, 0) is 32.4 Å². The fourth-order valence-electron chi connectivity index (χ4n) is 2.02. The highest BCUT2D eigenvalue weighted by Gasteiger charge is 2.27. The first-order chi connectivity index (χ1) is 8.00. The van der Waals surface area contributed by atoms with Gasteiger partial charge in [0.15, 0.2) is 0 Å². The Morgan fingerprint density at radius 3 is 2.35 bits per heavy atom. The van der Waals surface area contributed by atoms with Crippen LogP contribution in [0.25, 0.3) is 0 Å². The molecule has 17 heavy (non-hydrogen) atoms. The van der Waals surface area contributed by atoms with Crippen molar-refractivity contribution in [3.05, 3.63) is 29.1 Å². The van der Waals surface area contributed by atoms with Crippen molar-refractivity contribution < 1.29 is 9.90 Å². The Morgan fingerprint density at radius 2 is 1.82 bits per heavy atom. The third kappa shape index (κ3) is 1.95. The number of pyridine rings is 1. The molecule has 1 N–H and O–H groups in total. The summed E-state index contributed by atoms with van der Waals surface area (Å²) in [6.07, 6.45) is 1.39. The second kappa shape index (κ2) is 4.08. The van der Waals surface area contributed by atoms with E-state index in [1.165, 1.54) is 6.20 Å². The number of hydrogen-bond donors (Lipinski definition) is 1. The molecule has 0 saturated carbocycles. The maximum atomic E-state index is 11.2. The number of carboxylic acids is 1. The Bertz CT molecular complexity index is 529. The van der Waals surface area contributed by atoms with Crippen molar-refractivity contribution in [3.8, 4) is 0 Å². The third-order valence-electron chi connectivity index (χ3n) is 2.82. The van der Waals surface area contributed by atoms with Crippen LogP contribution in [0.2, 0.25) is 0 Å². The van der Waals surface area contributed by atoms with E-state index in [-0.39, 0.29) is 11.5 Å². The smallest absolute Gasteiger partial charge is 0.337 e. The lowest BCUT2D eigenvalue weighted by Gasteiger charge is -2.14. The standard InChI is InChI=1S/C12H13N3O2/c1-6-4-9(10(5-13-6)12(16)17)11-7(2)14-15-8(11)3/h4-5,11H,1-3H3,(H,16,17). The van der Waals surface area contributed by atoms with Crippen molar-refractivity contribution in [1.29, 1.82) is 0 Å². The van der Waals surface area contributed by atoms with Crippen molar-refractivity contribution in [2.24, 2.45) is 10.2 Å². The summed E-state index contributed by atoms with van der Waals surface area (Å²) in [7, 11) is 0. The minimum Gasteiger partial charge on any atom is -0.478 e. The first kappa shape index (κ1) is 11.4. The molecule has 88 valence electrons. The van der Waals surface area contributed by atoms with Crippen molar-refractivity contribution in [3.63, 3.8) is 0 Å². The van der Waals surface area contributed by atoms with Gasteiger partial charge in [-0.15, -0.1) is 0 Å². The largest absolute Gasteiger partial charge is 0.478 e. The summed E-state index contributed by atoms with van der Waals surface area (Å²) in [5.74, 6) is -1.11. The molecule has 0 amide bonds. The molecule has 0 spiro atoms. The maximum Gasteiger partial charge on any atom is 0.337 e. The molecule has 0 atom stereocenters. The monoisotopic (exact) mass is 231 g/mol. The van der Waals surface area contributed by atoms with E-state index in [9.17, 15) is 4.79 Å². The first-order valence-corrected chi connectivity index (χ1v) is 5.29. The second-order valence-electron chi connectivity index (χ2n) is 4.13. The molecule has 1 aliphatic heterocycles. The Morgan fingerprint density at radius 1 is 1.24 bits per heavy atom. The van der Waals surface area contributed by atoms with Gasteiger partial charge in [0.2, 0.25) is 0 Å². The fraction of sp³-hybridized carbons (Fsp3) is 0.333. The number of hydrogen-bond acceptors (Lipinski definition) is 4. The van der Waals surface area contributed by atoms with Crippen LogP contribution >= 0.6 is 0 Å². The molecule has 5 heteroatoms. The maximum absolute atomic E-state index is 11.2. The minimum absolute atomic E-state index is 0.136. The molecule has 2 heterocycles. The lowest BCUT2D eigenvalue weighted by Crippen LogP contribution is -2.17. The van der Waals surface area contributed by atoms with Gasteiger partial charge in [-0.2, -0.15) is 10.2 Å².